The van der Waals surface area contributed by atoms with Crippen molar-refractivity contribution < 1.29 is 34.0 Å². The van der Waals surface area contributed by atoms with Crippen LogP contribution < -0.4 is 9.47 Å². The number of benzene rings is 2. The standard InChI is InChI=1S/C25H30O7/c1-24(27,11-17-3-7-19(8-4-17)29-13-21-15-31-21)23(26)25(2,28)12-18-5-9-20(10-6-18)30-14-22-16-32-22/h3-10,21-22,27-28H,11-16H2,1-2H3. The fourth-order valence-electron chi connectivity index (χ4n) is 3.65. The van der Waals surface area contributed by atoms with Gasteiger partial charge in [-0.25, -0.2) is 0 Å². The number of aliphatic hydroxyl groups is 2. The zero-order chi connectivity index (χ0) is 22.8. The van der Waals surface area contributed by atoms with Crippen LogP contribution in [0.5, 0.6) is 11.5 Å². The Morgan fingerprint density at radius 3 is 1.47 bits per heavy atom. The highest BCUT2D eigenvalue weighted by atomic mass is 16.6. The second-order valence-corrected chi connectivity index (χ2v) is 9.05. The number of ketones is 1. The Morgan fingerprint density at radius 2 is 1.16 bits per heavy atom. The van der Waals surface area contributed by atoms with E-state index in [0.29, 0.717) is 24.7 Å². The first kappa shape index (κ1) is 22.7. The van der Waals surface area contributed by atoms with Gasteiger partial charge in [0.05, 0.1) is 13.2 Å². The number of carbonyl (C=O) groups excluding carboxylic acids is 1. The van der Waals surface area contributed by atoms with Crippen LogP contribution in [0.15, 0.2) is 48.5 Å². The van der Waals surface area contributed by atoms with E-state index in [2.05, 4.69) is 0 Å². The normalized spacial score (nSPS) is 23.0. The van der Waals surface area contributed by atoms with E-state index in [9.17, 15) is 15.0 Å². The third-order valence-corrected chi connectivity index (χ3v) is 5.60. The number of ether oxygens (including phenoxy) is 4. The lowest BCUT2D eigenvalue weighted by Gasteiger charge is -2.31. The van der Waals surface area contributed by atoms with Crippen molar-refractivity contribution in [3.05, 3.63) is 59.7 Å². The van der Waals surface area contributed by atoms with Crippen molar-refractivity contribution in [1.82, 2.24) is 0 Å². The zero-order valence-corrected chi connectivity index (χ0v) is 18.5. The Hall–Kier alpha value is -2.45. The summed E-state index contributed by atoms with van der Waals surface area (Å²) in [6, 6.07) is 14.4. The van der Waals surface area contributed by atoms with E-state index >= 15 is 0 Å². The zero-order valence-electron chi connectivity index (χ0n) is 18.5. The molecule has 2 aliphatic rings. The summed E-state index contributed by atoms with van der Waals surface area (Å²) in [6.45, 7) is 5.37. The third kappa shape index (κ3) is 6.29. The number of rotatable bonds is 12. The molecular formula is C25H30O7. The molecule has 2 aromatic carbocycles. The van der Waals surface area contributed by atoms with Gasteiger partial charge in [-0.1, -0.05) is 24.3 Å². The molecule has 4 atom stereocenters. The van der Waals surface area contributed by atoms with Gasteiger partial charge < -0.3 is 29.2 Å². The highest BCUT2D eigenvalue weighted by molar-refractivity contribution is 5.94. The summed E-state index contributed by atoms with van der Waals surface area (Å²) in [6.07, 6.45) is 0.529. The molecule has 0 aliphatic carbocycles. The summed E-state index contributed by atoms with van der Waals surface area (Å²) >= 11 is 0. The molecule has 0 spiro atoms. The molecule has 4 rings (SSSR count). The molecule has 2 aromatic rings. The minimum Gasteiger partial charge on any atom is -0.491 e. The fourth-order valence-corrected chi connectivity index (χ4v) is 3.65. The van der Waals surface area contributed by atoms with Gasteiger partial charge in [-0.05, 0) is 49.2 Å². The highest BCUT2D eigenvalue weighted by Crippen LogP contribution is 2.26. The minimum atomic E-state index is -1.72. The van der Waals surface area contributed by atoms with Crippen molar-refractivity contribution in [1.29, 1.82) is 0 Å². The van der Waals surface area contributed by atoms with Crippen LogP contribution in [0.1, 0.15) is 25.0 Å². The lowest BCUT2D eigenvalue weighted by molar-refractivity contribution is -0.153. The average molecular weight is 443 g/mol. The Balaban J connectivity index is 1.32. The van der Waals surface area contributed by atoms with Crippen LogP contribution in [-0.2, 0) is 27.1 Å². The van der Waals surface area contributed by atoms with Gasteiger partial charge >= 0.3 is 0 Å². The molecule has 0 saturated carbocycles. The van der Waals surface area contributed by atoms with Gasteiger partial charge in [0, 0.05) is 12.8 Å². The molecular weight excluding hydrogens is 412 g/mol. The van der Waals surface area contributed by atoms with Crippen molar-refractivity contribution in [2.75, 3.05) is 26.4 Å². The number of Topliss-reactive ketones (excluding diaryl/α,β-unsaturated/α-hetero) is 1. The van der Waals surface area contributed by atoms with Crippen LogP contribution >= 0.6 is 0 Å². The summed E-state index contributed by atoms with van der Waals surface area (Å²) in [5.41, 5.74) is -1.90. The summed E-state index contributed by atoms with van der Waals surface area (Å²) < 4.78 is 21.5. The molecule has 2 heterocycles. The van der Waals surface area contributed by atoms with Gasteiger partial charge in [-0.3, -0.25) is 4.79 Å². The Kier molecular flexibility index (Phi) is 6.53. The molecule has 2 fully saturated rings. The van der Waals surface area contributed by atoms with Crippen molar-refractivity contribution in [2.45, 2.75) is 50.1 Å². The number of hydrogen-bond acceptors (Lipinski definition) is 7. The second kappa shape index (κ2) is 9.19. The van der Waals surface area contributed by atoms with Gasteiger partial charge in [0.1, 0.15) is 48.1 Å². The number of hydrogen-bond donors (Lipinski definition) is 2. The van der Waals surface area contributed by atoms with E-state index < -0.39 is 17.0 Å². The Bertz CT molecular complexity index is 835. The quantitative estimate of drug-likeness (QED) is 0.486. The molecule has 32 heavy (non-hydrogen) atoms. The van der Waals surface area contributed by atoms with Gasteiger partial charge in [-0.15, -0.1) is 0 Å². The molecule has 7 heteroatoms. The van der Waals surface area contributed by atoms with Crippen LogP contribution in [0, 0.1) is 0 Å². The van der Waals surface area contributed by atoms with Crippen molar-refractivity contribution >= 4 is 5.78 Å². The first-order valence-corrected chi connectivity index (χ1v) is 10.9. The van der Waals surface area contributed by atoms with Gasteiger partial charge in [0.15, 0.2) is 5.78 Å². The van der Waals surface area contributed by atoms with Crippen LogP contribution in [-0.4, -0.2) is 65.8 Å². The van der Waals surface area contributed by atoms with Crippen LogP contribution in [0.2, 0.25) is 0 Å². The molecule has 0 radical (unpaired) electrons. The first-order valence-electron chi connectivity index (χ1n) is 10.9. The molecule has 7 nitrogen and oxygen atoms in total. The van der Waals surface area contributed by atoms with E-state index in [0.717, 1.165) is 24.3 Å². The van der Waals surface area contributed by atoms with Crippen LogP contribution in [0.4, 0.5) is 0 Å². The molecule has 172 valence electrons. The SMILES string of the molecule is CC(O)(Cc1ccc(OCC2CO2)cc1)C(=O)C(C)(O)Cc1ccc(OCC2CO2)cc1. The number of carbonyl (C=O) groups is 1. The van der Waals surface area contributed by atoms with E-state index in [1.54, 1.807) is 24.3 Å². The average Bonchev–Trinajstić information content (AvgIpc) is 3.67. The smallest absolute Gasteiger partial charge is 0.195 e. The molecule has 0 amide bonds. The van der Waals surface area contributed by atoms with E-state index in [1.165, 1.54) is 13.8 Å². The van der Waals surface area contributed by atoms with E-state index in [1.807, 2.05) is 24.3 Å². The highest BCUT2D eigenvalue weighted by Gasteiger charge is 2.42. The minimum absolute atomic E-state index is 0.0873. The predicted molar refractivity (Wildman–Crippen MR) is 117 cm³/mol. The van der Waals surface area contributed by atoms with Crippen molar-refractivity contribution in [3.8, 4) is 11.5 Å². The Labute approximate surface area is 187 Å². The lowest BCUT2D eigenvalue weighted by atomic mass is 9.80. The van der Waals surface area contributed by atoms with E-state index in [4.69, 9.17) is 18.9 Å². The van der Waals surface area contributed by atoms with Crippen molar-refractivity contribution in [2.24, 2.45) is 0 Å². The molecule has 2 saturated heterocycles. The number of epoxide rings is 2. The molecule has 2 aliphatic heterocycles. The molecule has 2 N–H and O–H groups in total. The van der Waals surface area contributed by atoms with E-state index in [-0.39, 0.29) is 25.0 Å². The lowest BCUT2D eigenvalue weighted by Crippen LogP contribution is -2.52. The maximum absolute atomic E-state index is 13.0. The maximum atomic E-state index is 13.0. The largest absolute Gasteiger partial charge is 0.491 e. The summed E-state index contributed by atoms with van der Waals surface area (Å²) in [7, 11) is 0. The molecule has 0 bridgehead atoms. The van der Waals surface area contributed by atoms with Crippen molar-refractivity contribution in [3.63, 3.8) is 0 Å². The van der Waals surface area contributed by atoms with Gasteiger partial charge in [0.2, 0.25) is 0 Å². The third-order valence-electron chi connectivity index (χ3n) is 5.60. The van der Waals surface area contributed by atoms with Crippen LogP contribution in [0.25, 0.3) is 0 Å². The second-order valence-electron chi connectivity index (χ2n) is 9.05. The monoisotopic (exact) mass is 442 g/mol. The van der Waals surface area contributed by atoms with Crippen LogP contribution in [0.3, 0.4) is 0 Å². The van der Waals surface area contributed by atoms with Gasteiger partial charge in [-0.2, -0.15) is 0 Å². The topological polar surface area (TPSA) is 101 Å². The maximum Gasteiger partial charge on any atom is 0.195 e. The summed E-state index contributed by atoms with van der Waals surface area (Å²) in [5, 5.41) is 21.8. The van der Waals surface area contributed by atoms with Gasteiger partial charge in [0.25, 0.3) is 0 Å². The fraction of sp³-hybridized carbons (Fsp3) is 0.480. The molecule has 4 unspecified atom stereocenters. The Morgan fingerprint density at radius 1 is 0.812 bits per heavy atom. The molecule has 0 aromatic heterocycles. The predicted octanol–water partition coefficient (Wildman–Crippen LogP) is 2.10. The summed E-state index contributed by atoms with van der Waals surface area (Å²) in [5.74, 6) is 0.793. The first-order chi connectivity index (χ1) is 15.2. The summed E-state index contributed by atoms with van der Waals surface area (Å²) in [4.78, 5) is 13.0.